The van der Waals surface area contributed by atoms with E-state index in [1.165, 1.54) is 0 Å². The number of hydrogen-bond donors (Lipinski definition) is 1. The topological polar surface area (TPSA) is 63.6 Å². The average molecular weight is 218 g/mol. The fourth-order valence-corrected chi connectivity index (χ4v) is 0.794. The first kappa shape index (κ1) is 13.6. The molecule has 0 aliphatic heterocycles. The number of hydrogen-bond acceptors (Lipinski definition) is 3. The lowest BCUT2D eigenvalue weighted by molar-refractivity contribution is -0.153. The van der Waals surface area contributed by atoms with E-state index in [4.69, 9.17) is 9.84 Å². The number of esters is 1. The van der Waals surface area contributed by atoms with E-state index < -0.39 is 30.1 Å². The number of carboxylic acids is 1. The molecule has 0 spiro atoms. The second-order valence-electron chi connectivity index (χ2n) is 4.07. The minimum absolute atomic E-state index is 0.375. The molecule has 0 aromatic carbocycles. The van der Waals surface area contributed by atoms with Gasteiger partial charge in [-0.25, -0.2) is 9.18 Å². The van der Waals surface area contributed by atoms with Crippen molar-refractivity contribution in [1.29, 1.82) is 0 Å². The molecule has 0 saturated carbocycles. The Morgan fingerprint density at radius 2 is 1.93 bits per heavy atom. The summed E-state index contributed by atoms with van der Waals surface area (Å²) in [7, 11) is 0. The summed E-state index contributed by atoms with van der Waals surface area (Å²) in [4.78, 5) is 21.8. The van der Waals surface area contributed by atoms with Crippen molar-refractivity contribution in [2.45, 2.75) is 26.4 Å². The van der Waals surface area contributed by atoms with Gasteiger partial charge < -0.3 is 9.84 Å². The highest BCUT2D eigenvalue weighted by Gasteiger charge is 2.29. The maximum absolute atomic E-state index is 12.3. The number of carbonyl (C=O) groups excluding carboxylic acids is 1. The Morgan fingerprint density at radius 1 is 1.47 bits per heavy atom. The Labute approximate surface area is 87.7 Å². The second-order valence-corrected chi connectivity index (χ2v) is 4.07. The van der Waals surface area contributed by atoms with Crippen molar-refractivity contribution in [3.8, 4) is 0 Å². The summed E-state index contributed by atoms with van der Waals surface area (Å²) in [6, 6.07) is 0. The molecule has 0 bridgehead atoms. The zero-order chi connectivity index (χ0) is 12.2. The number of carboxylic acid groups (broad SMARTS) is 1. The predicted molar refractivity (Wildman–Crippen MR) is 52.1 cm³/mol. The molecule has 0 saturated heterocycles. The summed E-state index contributed by atoms with van der Waals surface area (Å²) in [6.45, 7) is 6.95. The number of aliphatic carboxylic acids is 1. The summed E-state index contributed by atoms with van der Waals surface area (Å²) < 4.78 is 17.2. The number of alkyl halides is 1. The number of carbonyl (C=O) groups is 2. The van der Waals surface area contributed by atoms with Crippen molar-refractivity contribution in [2.75, 3.05) is 6.67 Å². The second kappa shape index (κ2) is 4.91. The normalized spacial score (nSPS) is 13.1. The highest BCUT2D eigenvalue weighted by Crippen LogP contribution is 2.16. The van der Waals surface area contributed by atoms with Crippen LogP contribution in [0.5, 0.6) is 0 Å². The monoisotopic (exact) mass is 218 g/mol. The third-order valence-electron chi connectivity index (χ3n) is 1.53. The molecule has 0 rings (SSSR count). The lowest BCUT2D eigenvalue weighted by Gasteiger charge is -2.21. The molecule has 0 aromatic heterocycles. The summed E-state index contributed by atoms with van der Waals surface area (Å²) in [5.41, 5.74) is -1.13. The van der Waals surface area contributed by atoms with E-state index in [2.05, 4.69) is 6.58 Å². The Morgan fingerprint density at radius 3 is 2.20 bits per heavy atom. The smallest absolute Gasteiger partial charge is 0.334 e. The van der Waals surface area contributed by atoms with Crippen LogP contribution in [-0.2, 0) is 14.3 Å². The summed E-state index contributed by atoms with van der Waals surface area (Å²) in [6.07, 6.45) is 0. The Balaban J connectivity index is 4.57. The van der Waals surface area contributed by atoms with E-state index in [9.17, 15) is 14.0 Å². The molecule has 5 heteroatoms. The quantitative estimate of drug-likeness (QED) is 0.574. The van der Waals surface area contributed by atoms with E-state index in [0.717, 1.165) is 0 Å². The Hall–Kier alpha value is -1.39. The van der Waals surface area contributed by atoms with Gasteiger partial charge in [0.1, 0.15) is 18.2 Å². The van der Waals surface area contributed by atoms with Gasteiger partial charge in [-0.1, -0.05) is 6.58 Å². The van der Waals surface area contributed by atoms with Crippen LogP contribution in [0.15, 0.2) is 12.2 Å². The number of halogens is 1. The molecule has 1 N–H and O–H groups in total. The lowest BCUT2D eigenvalue weighted by Crippen LogP contribution is -2.29. The van der Waals surface area contributed by atoms with Crippen molar-refractivity contribution < 1.29 is 23.8 Å². The summed E-state index contributed by atoms with van der Waals surface area (Å²) in [5, 5.41) is 8.58. The molecule has 0 aliphatic rings. The van der Waals surface area contributed by atoms with Gasteiger partial charge in [-0.2, -0.15) is 0 Å². The zero-order valence-electron chi connectivity index (χ0n) is 9.04. The van der Waals surface area contributed by atoms with E-state index in [0.29, 0.717) is 0 Å². The number of ether oxygens (including phenoxy) is 1. The molecule has 0 heterocycles. The van der Waals surface area contributed by atoms with Gasteiger partial charge in [-0.15, -0.1) is 0 Å². The van der Waals surface area contributed by atoms with Gasteiger partial charge in [0.25, 0.3) is 0 Å². The Bertz CT molecular complexity index is 278. The third kappa shape index (κ3) is 4.58. The highest BCUT2D eigenvalue weighted by atomic mass is 19.1. The molecular formula is C10H15FO4. The van der Waals surface area contributed by atoms with Gasteiger partial charge in [-0.3, -0.25) is 4.79 Å². The van der Waals surface area contributed by atoms with Gasteiger partial charge in [0.2, 0.25) is 0 Å². The van der Waals surface area contributed by atoms with Crippen LogP contribution >= 0.6 is 0 Å². The molecule has 15 heavy (non-hydrogen) atoms. The van der Waals surface area contributed by atoms with Crippen molar-refractivity contribution in [3.05, 3.63) is 12.2 Å². The Kier molecular flexibility index (Phi) is 4.45. The molecule has 0 amide bonds. The fourth-order valence-electron chi connectivity index (χ4n) is 0.794. The summed E-state index contributed by atoms with van der Waals surface area (Å²) in [5.74, 6) is -3.83. The molecule has 0 radical (unpaired) electrons. The minimum Gasteiger partial charge on any atom is -0.481 e. The molecule has 0 fully saturated rings. The number of rotatable bonds is 4. The molecule has 0 aliphatic carbocycles. The standard InChI is InChI=1S/C10H15FO4/c1-6(7(5-11)8(12)13)9(14)15-10(2,3)4/h7H,1,5H2,2-4H3,(H,12,13). The van der Waals surface area contributed by atoms with Crippen LogP contribution in [0.25, 0.3) is 0 Å². The van der Waals surface area contributed by atoms with Crippen molar-refractivity contribution in [1.82, 2.24) is 0 Å². The average Bonchev–Trinajstić information content (AvgIpc) is 2.01. The van der Waals surface area contributed by atoms with Gasteiger partial charge in [0.15, 0.2) is 0 Å². The SMILES string of the molecule is C=C(C(=O)OC(C)(C)C)C(CF)C(=O)O. The molecule has 1 atom stereocenters. The van der Waals surface area contributed by atoms with Crippen LogP contribution in [0.3, 0.4) is 0 Å². The van der Waals surface area contributed by atoms with Crippen LogP contribution in [0.4, 0.5) is 4.39 Å². The molecule has 86 valence electrons. The maximum Gasteiger partial charge on any atom is 0.334 e. The van der Waals surface area contributed by atoms with Crippen LogP contribution in [0.1, 0.15) is 20.8 Å². The van der Waals surface area contributed by atoms with Crippen LogP contribution in [0, 0.1) is 5.92 Å². The molecule has 1 unspecified atom stereocenters. The van der Waals surface area contributed by atoms with Gasteiger partial charge in [0, 0.05) is 5.57 Å². The van der Waals surface area contributed by atoms with Gasteiger partial charge >= 0.3 is 11.9 Å². The van der Waals surface area contributed by atoms with Crippen LogP contribution in [0.2, 0.25) is 0 Å². The first-order valence-corrected chi connectivity index (χ1v) is 4.40. The molecule has 4 nitrogen and oxygen atoms in total. The summed E-state index contributed by atoms with van der Waals surface area (Å²) >= 11 is 0. The molecular weight excluding hydrogens is 203 g/mol. The van der Waals surface area contributed by atoms with Gasteiger partial charge in [-0.05, 0) is 20.8 Å². The van der Waals surface area contributed by atoms with E-state index >= 15 is 0 Å². The highest BCUT2D eigenvalue weighted by molar-refractivity contribution is 5.94. The lowest BCUT2D eigenvalue weighted by atomic mass is 10.0. The minimum atomic E-state index is -1.53. The first-order chi connectivity index (χ1) is 6.69. The predicted octanol–water partition coefficient (Wildman–Crippen LogP) is 1.55. The van der Waals surface area contributed by atoms with Crippen molar-refractivity contribution in [3.63, 3.8) is 0 Å². The van der Waals surface area contributed by atoms with E-state index in [-0.39, 0.29) is 5.57 Å². The van der Waals surface area contributed by atoms with Crippen molar-refractivity contribution in [2.24, 2.45) is 5.92 Å². The fraction of sp³-hybridized carbons (Fsp3) is 0.600. The zero-order valence-corrected chi connectivity index (χ0v) is 9.04. The van der Waals surface area contributed by atoms with Gasteiger partial charge in [0.05, 0.1) is 0 Å². The molecule has 0 aromatic rings. The third-order valence-corrected chi connectivity index (χ3v) is 1.53. The van der Waals surface area contributed by atoms with Crippen molar-refractivity contribution >= 4 is 11.9 Å². The largest absolute Gasteiger partial charge is 0.481 e. The van der Waals surface area contributed by atoms with E-state index in [1.54, 1.807) is 20.8 Å². The van der Waals surface area contributed by atoms with E-state index in [1.807, 2.05) is 0 Å². The maximum atomic E-state index is 12.3. The van der Waals surface area contributed by atoms with Crippen LogP contribution in [-0.4, -0.2) is 29.3 Å². The van der Waals surface area contributed by atoms with Crippen LogP contribution < -0.4 is 0 Å². The first-order valence-electron chi connectivity index (χ1n) is 4.40.